The number of hydrogen-bond donors (Lipinski definition) is 2. The lowest BCUT2D eigenvalue weighted by Gasteiger charge is -2.21. The molecular formula is C20H20N4O2. The van der Waals surface area contributed by atoms with Crippen molar-refractivity contribution in [2.75, 3.05) is 6.54 Å². The molecule has 26 heavy (non-hydrogen) atoms. The van der Waals surface area contributed by atoms with E-state index < -0.39 is 11.3 Å². The monoisotopic (exact) mass is 348 g/mol. The molecule has 0 aliphatic rings. The number of amides is 2. The van der Waals surface area contributed by atoms with Crippen molar-refractivity contribution in [3.8, 4) is 11.3 Å². The third-order valence-corrected chi connectivity index (χ3v) is 4.28. The van der Waals surface area contributed by atoms with Crippen LogP contribution in [0.25, 0.3) is 22.2 Å². The van der Waals surface area contributed by atoms with Crippen LogP contribution in [-0.4, -0.2) is 28.3 Å². The molecule has 132 valence electrons. The van der Waals surface area contributed by atoms with E-state index in [1.165, 1.54) is 0 Å². The normalized spacial score (nSPS) is 11.3. The van der Waals surface area contributed by atoms with Crippen LogP contribution >= 0.6 is 0 Å². The highest BCUT2D eigenvalue weighted by atomic mass is 16.2. The van der Waals surface area contributed by atoms with Gasteiger partial charge in [-0.15, -0.1) is 0 Å². The van der Waals surface area contributed by atoms with Gasteiger partial charge in [-0.2, -0.15) is 0 Å². The van der Waals surface area contributed by atoms with Crippen LogP contribution in [0.1, 0.15) is 24.2 Å². The molecule has 0 radical (unpaired) electrons. The molecule has 3 rings (SSSR count). The van der Waals surface area contributed by atoms with Gasteiger partial charge in [-0.3, -0.25) is 14.6 Å². The SMILES string of the molecule is CC(C)(CNC(=O)c1cc(-c2cccnc2)nc2ccccc12)C(N)=O. The predicted molar refractivity (Wildman–Crippen MR) is 100 cm³/mol. The molecule has 0 fully saturated rings. The van der Waals surface area contributed by atoms with E-state index in [9.17, 15) is 9.59 Å². The highest BCUT2D eigenvalue weighted by Crippen LogP contribution is 2.24. The van der Waals surface area contributed by atoms with Crippen molar-refractivity contribution in [3.63, 3.8) is 0 Å². The van der Waals surface area contributed by atoms with Gasteiger partial charge in [-0.05, 0) is 38.1 Å². The molecule has 6 nitrogen and oxygen atoms in total. The van der Waals surface area contributed by atoms with E-state index in [1.807, 2.05) is 36.4 Å². The van der Waals surface area contributed by atoms with Crippen LogP contribution in [0.3, 0.4) is 0 Å². The molecule has 3 N–H and O–H groups in total. The lowest BCUT2D eigenvalue weighted by atomic mass is 9.92. The molecule has 2 amide bonds. The van der Waals surface area contributed by atoms with E-state index in [2.05, 4.69) is 15.3 Å². The number of nitrogens with one attached hydrogen (secondary N) is 1. The van der Waals surface area contributed by atoms with E-state index in [1.54, 1.807) is 32.3 Å². The Labute approximate surface area is 151 Å². The first kappa shape index (κ1) is 17.5. The third kappa shape index (κ3) is 3.54. The number of rotatable bonds is 5. The van der Waals surface area contributed by atoms with Crippen LogP contribution in [0.4, 0.5) is 0 Å². The van der Waals surface area contributed by atoms with Crippen LogP contribution in [0, 0.1) is 5.41 Å². The van der Waals surface area contributed by atoms with Gasteiger partial charge in [0, 0.05) is 29.9 Å². The molecule has 0 spiro atoms. The van der Waals surface area contributed by atoms with E-state index in [-0.39, 0.29) is 12.5 Å². The molecule has 0 saturated heterocycles. The molecule has 2 heterocycles. The standard InChI is InChI=1S/C20H20N4O2/c1-20(2,19(21)26)12-23-18(25)15-10-17(13-6-5-9-22-11-13)24-16-8-4-3-7-14(15)16/h3-11H,12H2,1-2H3,(H2,21,26)(H,23,25). The number of para-hydroxylation sites is 1. The molecule has 3 aromatic rings. The average molecular weight is 348 g/mol. The summed E-state index contributed by atoms with van der Waals surface area (Å²) in [4.78, 5) is 33.0. The van der Waals surface area contributed by atoms with Crippen LogP contribution in [0.5, 0.6) is 0 Å². The minimum Gasteiger partial charge on any atom is -0.369 e. The fraction of sp³-hybridized carbons (Fsp3) is 0.200. The molecule has 0 aliphatic carbocycles. The zero-order valence-electron chi connectivity index (χ0n) is 14.7. The predicted octanol–water partition coefficient (Wildman–Crippen LogP) is 2.54. The Balaban J connectivity index is 2.01. The Morgan fingerprint density at radius 2 is 1.92 bits per heavy atom. The largest absolute Gasteiger partial charge is 0.369 e. The molecule has 0 aliphatic heterocycles. The number of carbonyl (C=O) groups excluding carboxylic acids is 2. The first-order valence-electron chi connectivity index (χ1n) is 8.27. The maximum Gasteiger partial charge on any atom is 0.252 e. The summed E-state index contributed by atoms with van der Waals surface area (Å²) in [5.41, 5.74) is 7.25. The van der Waals surface area contributed by atoms with Gasteiger partial charge in [0.05, 0.1) is 22.2 Å². The first-order valence-corrected chi connectivity index (χ1v) is 8.27. The first-order chi connectivity index (χ1) is 12.4. The Hall–Kier alpha value is -3.28. The summed E-state index contributed by atoms with van der Waals surface area (Å²) in [7, 11) is 0. The molecule has 0 saturated carbocycles. The van der Waals surface area contributed by atoms with Crippen molar-refractivity contribution in [1.82, 2.24) is 15.3 Å². The Morgan fingerprint density at radius 1 is 1.15 bits per heavy atom. The van der Waals surface area contributed by atoms with E-state index in [4.69, 9.17) is 5.73 Å². The van der Waals surface area contributed by atoms with Crippen LogP contribution in [0.2, 0.25) is 0 Å². The van der Waals surface area contributed by atoms with Gasteiger partial charge in [0.25, 0.3) is 5.91 Å². The van der Waals surface area contributed by atoms with Crippen LogP contribution in [-0.2, 0) is 4.79 Å². The lowest BCUT2D eigenvalue weighted by Crippen LogP contribution is -2.42. The van der Waals surface area contributed by atoms with E-state index in [0.717, 1.165) is 10.9 Å². The van der Waals surface area contributed by atoms with E-state index >= 15 is 0 Å². The summed E-state index contributed by atoms with van der Waals surface area (Å²) >= 11 is 0. The van der Waals surface area contributed by atoms with Gasteiger partial charge in [0.2, 0.25) is 5.91 Å². The minimum atomic E-state index is -0.829. The highest BCUT2D eigenvalue weighted by molar-refractivity contribution is 6.07. The molecule has 1 aromatic carbocycles. The van der Waals surface area contributed by atoms with Gasteiger partial charge in [-0.25, -0.2) is 4.98 Å². The smallest absolute Gasteiger partial charge is 0.252 e. The molecule has 0 bridgehead atoms. The van der Waals surface area contributed by atoms with E-state index in [0.29, 0.717) is 16.8 Å². The molecule has 0 atom stereocenters. The molecule has 6 heteroatoms. The third-order valence-electron chi connectivity index (χ3n) is 4.28. The second-order valence-electron chi connectivity index (χ2n) is 6.74. The Kier molecular flexibility index (Phi) is 4.67. The zero-order valence-corrected chi connectivity index (χ0v) is 14.7. The summed E-state index contributed by atoms with van der Waals surface area (Å²) in [6.07, 6.45) is 3.39. The zero-order chi connectivity index (χ0) is 18.7. The summed E-state index contributed by atoms with van der Waals surface area (Å²) in [6.45, 7) is 3.54. The maximum atomic E-state index is 12.8. The summed E-state index contributed by atoms with van der Waals surface area (Å²) in [5, 5.41) is 3.55. The average Bonchev–Trinajstić information content (AvgIpc) is 2.66. The number of benzene rings is 1. The van der Waals surface area contributed by atoms with Crippen molar-refractivity contribution in [2.24, 2.45) is 11.1 Å². The summed E-state index contributed by atoms with van der Waals surface area (Å²) < 4.78 is 0. The number of carbonyl (C=O) groups is 2. The number of hydrogen-bond acceptors (Lipinski definition) is 4. The van der Waals surface area contributed by atoms with Gasteiger partial charge < -0.3 is 11.1 Å². The van der Waals surface area contributed by atoms with Gasteiger partial charge in [-0.1, -0.05) is 18.2 Å². The number of aromatic nitrogens is 2. The van der Waals surface area contributed by atoms with Crippen molar-refractivity contribution in [3.05, 3.63) is 60.4 Å². The minimum absolute atomic E-state index is 0.153. The van der Waals surface area contributed by atoms with Crippen molar-refractivity contribution in [2.45, 2.75) is 13.8 Å². The quantitative estimate of drug-likeness (QED) is 0.740. The fourth-order valence-corrected chi connectivity index (χ4v) is 2.51. The fourth-order valence-electron chi connectivity index (χ4n) is 2.51. The second kappa shape index (κ2) is 6.92. The number of nitrogens with two attached hydrogens (primary N) is 1. The number of primary amides is 1. The summed E-state index contributed by atoms with van der Waals surface area (Å²) in [6, 6.07) is 12.9. The second-order valence-corrected chi connectivity index (χ2v) is 6.74. The summed E-state index contributed by atoms with van der Waals surface area (Å²) in [5.74, 6) is -0.739. The number of nitrogens with zero attached hydrogens (tertiary/aromatic N) is 2. The van der Waals surface area contributed by atoms with Crippen LogP contribution in [0.15, 0.2) is 54.9 Å². The molecule has 2 aromatic heterocycles. The van der Waals surface area contributed by atoms with Crippen molar-refractivity contribution in [1.29, 1.82) is 0 Å². The number of fused-ring (bicyclic) bond motifs is 1. The number of pyridine rings is 2. The van der Waals surface area contributed by atoms with Gasteiger partial charge >= 0.3 is 0 Å². The Bertz CT molecular complexity index is 968. The van der Waals surface area contributed by atoms with Gasteiger partial charge in [0.1, 0.15) is 0 Å². The highest BCUT2D eigenvalue weighted by Gasteiger charge is 2.26. The Morgan fingerprint density at radius 3 is 2.62 bits per heavy atom. The van der Waals surface area contributed by atoms with Crippen molar-refractivity contribution < 1.29 is 9.59 Å². The van der Waals surface area contributed by atoms with Crippen molar-refractivity contribution >= 4 is 22.7 Å². The van der Waals surface area contributed by atoms with Gasteiger partial charge in [0.15, 0.2) is 0 Å². The lowest BCUT2D eigenvalue weighted by molar-refractivity contribution is -0.125. The maximum absolute atomic E-state index is 12.8. The molecular weight excluding hydrogens is 328 g/mol. The molecule has 0 unspecified atom stereocenters. The topological polar surface area (TPSA) is 98.0 Å². The van der Waals surface area contributed by atoms with Crippen LogP contribution < -0.4 is 11.1 Å².